The average Bonchev–Trinajstić information content (AvgIpc) is 2.22. The molecule has 0 spiro atoms. The fourth-order valence-electron chi connectivity index (χ4n) is 2.94. The normalized spacial score (nSPS) is 29.2. The zero-order valence-corrected chi connectivity index (χ0v) is 11.4. The molecule has 0 saturated carbocycles. The maximum Gasteiger partial charge on any atom is 0.0170 e. The summed E-state index contributed by atoms with van der Waals surface area (Å²) in [6, 6.07) is 0.410. The highest BCUT2D eigenvalue weighted by atomic mass is 15.1. The highest BCUT2D eigenvalue weighted by Gasteiger charge is 2.23. The second-order valence-electron chi connectivity index (χ2n) is 5.74. The number of likely N-dealkylation sites (tertiary alicyclic amines) is 1. The van der Waals surface area contributed by atoms with E-state index >= 15 is 0 Å². The van der Waals surface area contributed by atoms with Crippen molar-refractivity contribution in [2.24, 2.45) is 17.6 Å². The molecule has 16 heavy (non-hydrogen) atoms. The maximum absolute atomic E-state index is 6.09. The van der Waals surface area contributed by atoms with Gasteiger partial charge >= 0.3 is 0 Å². The Morgan fingerprint density at radius 3 is 2.62 bits per heavy atom. The second-order valence-corrected chi connectivity index (χ2v) is 5.74. The van der Waals surface area contributed by atoms with Gasteiger partial charge in [0.1, 0.15) is 0 Å². The lowest BCUT2D eigenvalue weighted by atomic mass is 9.93. The molecule has 3 unspecified atom stereocenters. The van der Waals surface area contributed by atoms with Crippen molar-refractivity contribution in [3.05, 3.63) is 0 Å². The Morgan fingerprint density at radius 1 is 1.31 bits per heavy atom. The third kappa shape index (κ3) is 4.84. The minimum absolute atomic E-state index is 0.410. The number of nitrogens with two attached hydrogens (primary N) is 1. The van der Waals surface area contributed by atoms with Gasteiger partial charge in [-0.2, -0.15) is 0 Å². The van der Waals surface area contributed by atoms with E-state index in [9.17, 15) is 0 Å². The van der Waals surface area contributed by atoms with E-state index in [2.05, 4.69) is 25.7 Å². The summed E-state index contributed by atoms with van der Waals surface area (Å²) >= 11 is 0. The molecule has 2 N–H and O–H groups in total. The summed E-state index contributed by atoms with van der Waals surface area (Å²) < 4.78 is 0. The summed E-state index contributed by atoms with van der Waals surface area (Å²) in [5.74, 6) is 1.67. The lowest BCUT2D eigenvalue weighted by molar-refractivity contribution is 0.138. The van der Waals surface area contributed by atoms with E-state index < -0.39 is 0 Å². The molecular formula is C14H30N2. The van der Waals surface area contributed by atoms with Gasteiger partial charge in [0, 0.05) is 25.7 Å². The average molecular weight is 226 g/mol. The van der Waals surface area contributed by atoms with Gasteiger partial charge in [-0.05, 0) is 24.7 Å². The topological polar surface area (TPSA) is 29.3 Å². The van der Waals surface area contributed by atoms with E-state index in [-0.39, 0.29) is 0 Å². The molecule has 0 amide bonds. The van der Waals surface area contributed by atoms with Crippen molar-refractivity contribution < 1.29 is 0 Å². The molecule has 0 aromatic carbocycles. The Labute approximate surface area is 102 Å². The molecule has 0 aliphatic carbocycles. The molecule has 1 aliphatic heterocycles. The van der Waals surface area contributed by atoms with Crippen LogP contribution in [0.25, 0.3) is 0 Å². The van der Waals surface area contributed by atoms with Gasteiger partial charge in [-0.25, -0.2) is 0 Å². The number of nitrogens with zero attached hydrogens (tertiary/aromatic N) is 1. The van der Waals surface area contributed by atoms with Crippen molar-refractivity contribution in [3.63, 3.8) is 0 Å². The van der Waals surface area contributed by atoms with Crippen LogP contribution in [0.4, 0.5) is 0 Å². The summed E-state index contributed by atoms with van der Waals surface area (Å²) in [6.45, 7) is 10.6. The number of hydrogen-bond donors (Lipinski definition) is 1. The molecule has 0 aromatic rings. The Balaban J connectivity index is 2.32. The Morgan fingerprint density at radius 2 is 2.06 bits per heavy atom. The van der Waals surface area contributed by atoms with Gasteiger partial charge in [0.25, 0.3) is 0 Å². The van der Waals surface area contributed by atoms with Gasteiger partial charge in [-0.15, -0.1) is 0 Å². The first kappa shape index (κ1) is 14.0. The molecule has 1 aliphatic rings. The van der Waals surface area contributed by atoms with Crippen LogP contribution in [0.3, 0.4) is 0 Å². The summed E-state index contributed by atoms with van der Waals surface area (Å²) in [6.07, 6.45) is 6.63. The summed E-state index contributed by atoms with van der Waals surface area (Å²) in [5.41, 5.74) is 6.09. The molecule has 1 fully saturated rings. The zero-order chi connectivity index (χ0) is 12.0. The monoisotopic (exact) mass is 226 g/mol. The molecule has 2 heteroatoms. The molecule has 0 radical (unpaired) electrons. The van der Waals surface area contributed by atoms with Crippen LogP contribution in [0.1, 0.15) is 52.9 Å². The Hall–Kier alpha value is -0.0800. The second kappa shape index (κ2) is 7.29. The quantitative estimate of drug-likeness (QED) is 0.754. The van der Waals surface area contributed by atoms with Crippen LogP contribution in [-0.4, -0.2) is 30.6 Å². The lowest BCUT2D eigenvalue weighted by Crippen LogP contribution is -2.47. The molecule has 1 saturated heterocycles. The van der Waals surface area contributed by atoms with E-state index in [0.717, 1.165) is 18.4 Å². The Kier molecular flexibility index (Phi) is 6.37. The summed E-state index contributed by atoms with van der Waals surface area (Å²) in [4.78, 5) is 2.60. The number of hydrogen-bond acceptors (Lipinski definition) is 2. The molecular weight excluding hydrogens is 196 g/mol. The standard InChI is InChI=1S/C14H30N2/c1-4-6-7-13(5-2)10-16-9-12(3)8-14(15)11-16/h12-14H,4-11,15H2,1-3H3. The third-order valence-corrected chi connectivity index (χ3v) is 3.83. The van der Waals surface area contributed by atoms with E-state index in [1.165, 1.54) is 45.2 Å². The lowest BCUT2D eigenvalue weighted by Gasteiger charge is -2.36. The van der Waals surface area contributed by atoms with Crippen molar-refractivity contribution in [1.82, 2.24) is 4.90 Å². The third-order valence-electron chi connectivity index (χ3n) is 3.83. The highest BCUT2D eigenvalue weighted by Crippen LogP contribution is 2.19. The molecule has 0 bridgehead atoms. The molecule has 2 nitrogen and oxygen atoms in total. The van der Waals surface area contributed by atoms with Crippen LogP contribution in [0.5, 0.6) is 0 Å². The van der Waals surface area contributed by atoms with E-state index in [1.807, 2.05) is 0 Å². The maximum atomic E-state index is 6.09. The fourth-order valence-corrected chi connectivity index (χ4v) is 2.94. The van der Waals surface area contributed by atoms with Crippen LogP contribution in [0.2, 0.25) is 0 Å². The summed E-state index contributed by atoms with van der Waals surface area (Å²) in [7, 11) is 0. The van der Waals surface area contributed by atoms with Crippen molar-refractivity contribution in [2.45, 2.75) is 58.9 Å². The molecule has 1 rings (SSSR count). The SMILES string of the molecule is CCCCC(CC)CN1CC(C)CC(N)C1. The van der Waals surface area contributed by atoms with Crippen molar-refractivity contribution in [2.75, 3.05) is 19.6 Å². The van der Waals surface area contributed by atoms with Gasteiger partial charge in [0.05, 0.1) is 0 Å². The van der Waals surface area contributed by atoms with Crippen molar-refractivity contribution >= 4 is 0 Å². The van der Waals surface area contributed by atoms with E-state index in [0.29, 0.717) is 6.04 Å². The van der Waals surface area contributed by atoms with Crippen LogP contribution >= 0.6 is 0 Å². The van der Waals surface area contributed by atoms with Gasteiger partial charge in [0.15, 0.2) is 0 Å². The van der Waals surface area contributed by atoms with E-state index in [1.54, 1.807) is 0 Å². The number of rotatable bonds is 6. The highest BCUT2D eigenvalue weighted by molar-refractivity contribution is 4.80. The molecule has 3 atom stereocenters. The number of piperidine rings is 1. The van der Waals surface area contributed by atoms with Crippen molar-refractivity contribution in [1.29, 1.82) is 0 Å². The van der Waals surface area contributed by atoms with Gasteiger partial charge in [-0.1, -0.05) is 40.0 Å². The number of unbranched alkanes of at least 4 members (excludes halogenated alkanes) is 1. The Bertz CT molecular complexity index is 172. The van der Waals surface area contributed by atoms with Crippen LogP contribution in [0, 0.1) is 11.8 Å². The first-order valence-corrected chi connectivity index (χ1v) is 7.13. The van der Waals surface area contributed by atoms with Gasteiger partial charge in [-0.3, -0.25) is 0 Å². The van der Waals surface area contributed by atoms with Crippen LogP contribution < -0.4 is 5.73 Å². The largest absolute Gasteiger partial charge is 0.327 e. The summed E-state index contributed by atoms with van der Waals surface area (Å²) in [5, 5.41) is 0. The fraction of sp³-hybridized carbons (Fsp3) is 1.00. The minimum atomic E-state index is 0.410. The molecule has 96 valence electrons. The van der Waals surface area contributed by atoms with Gasteiger partial charge < -0.3 is 10.6 Å². The first-order valence-electron chi connectivity index (χ1n) is 7.13. The van der Waals surface area contributed by atoms with Crippen LogP contribution in [0.15, 0.2) is 0 Å². The minimum Gasteiger partial charge on any atom is -0.327 e. The zero-order valence-electron chi connectivity index (χ0n) is 11.4. The smallest absolute Gasteiger partial charge is 0.0170 e. The first-order chi connectivity index (χ1) is 7.65. The van der Waals surface area contributed by atoms with Crippen LogP contribution in [-0.2, 0) is 0 Å². The predicted octanol–water partition coefficient (Wildman–Crippen LogP) is 2.87. The predicted molar refractivity (Wildman–Crippen MR) is 71.5 cm³/mol. The van der Waals surface area contributed by atoms with Gasteiger partial charge in [0.2, 0.25) is 0 Å². The molecule has 0 aromatic heterocycles. The van der Waals surface area contributed by atoms with Crippen molar-refractivity contribution in [3.8, 4) is 0 Å². The van der Waals surface area contributed by atoms with E-state index in [4.69, 9.17) is 5.73 Å². The molecule has 1 heterocycles.